The lowest BCUT2D eigenvalue weighted by molar-refractivity contribution is -0.227. The fourth-order valence-electron chi connectivity index (χ4n) is 2.88. The number of aliphatic hydroxyl groups is 3. The Labute approximate surface area is 143 Å². The van der Waals surface area contributed by atoms with Crippen LogP contribution >= 0.6 is 0 Å². The van der Waals surface area contributed by atoms with Gasteiger partial charge in [0.05, 0.1) is 18.8 Å². The molecule has 1 aliphatic rings. The zero-order chi connectivity index (χ0) is 18.9. The van der Waals surface area contributed by atoms with Crippen LogP contribution in [0.15, 0.2) is 12.1 Å². The second-order valence-electron chi connectivity index (χ2n) is 5.89. The van der Waals surface area contributed by atoms with E-state index in [1.165, 1.54) is 19.2 Å². The molecule has 1 aromatic carbocycles. The number of carbonyl (C=O) groups is 2. The maximum atomic E-state index is 11.2. The number of aliphatic carboxylic acids is 1. The van der Waals surface area contributed by atoms with Gasteiger partial charge in [-0.15, -0.1) is 0 Å². The average molecular weight is 356 g/mol. The van der Waals surface area contributed by atoms with Crippen molar-refractivity contribution < 1.29 is 44.6 Å². The van der Waals surface area contributed by atoms with Gasteiger partial charge in [0.2, 0.25) is 0 Å². The molecule has 0 aliphatic carbocycles. The van der Waals surface area contributed by atoms with E-state index in [0.717, 1.165) is 0 Å². The van der Waals surface area contributed by atoms with Gasteiger partial charge in [-0.2, -0.15) is 0 Å². The molecule has 1 fully saturated rings. The number of rotatable bonds is 5. The summed E-state index contributed by atoms with van der Waals surface area (Å²) in [4.78, 5) is 22.3. The molecular weight excluding hydrogens is 336 g/mol. The van der Waals surface area contributed by atoms with Gasteiger partial charge in [-0.3, -0.25) is 0 Å². The SMILES string of the molecule is COc1cc(C(=O)O)cc(C)c1C[C@@H]1O[C@H](C(=O)O)[C@@H](O)[C@H](O)[C@H]1O. The molecular formula is C16H20O9. The van der Waals surface area contributed by atoms with Crippen LogP contribution in [0.5, 0.6) is 5.75 Å². The van der Waals surface area contributed by atoms with Crippen LogP contribution in [0.25, 0.3) is 0 Å². The largest absolute Gasteiger partial charge is 0.496 e. The summed E-state index contributed by atoms with van der Waals surface area (Å²) in [5.41, 5.74) is 1.06. The summed E-state index contributed by atoms with van der Waals surface area (Å²) < 4.78 is 10.4. The van der Waals surface area contributed by atoms with Crippen molar-refractivity contribution in [2.75, 3.05) is 7.11 Å². The standard InChI is InChI=1S/C16H20O9/c1-6-3-7(15(20)21)4-9(24-2)8(6)5-10-11(17)12(18)13(19)14(25-10)16(22)23/h3-4,10-14,17-19H,5H2,1-2H3,(H,20,21)(H,22,23)/t10-,11-,12+,13-,14-/m0/s1. The fourth-order valence-corrected chi connectivity index (χ4v) is 2.88. The van der Waals surface area contributed by atoms with Gasteiger partial charge in [-0.1, -0.05) is 0 Å². The van der Waals surface area contributed by atoms with Crippen LogP contribution < -0.4 is 4.74 Å². The Hall–Kier alpha value is -2.20. The van der Waals surface area contributed by atoms with E-state index < -0.39 is 42.5 Å². The number of ether oxygens (including phenoxy) is 2. The van der Waals surface area contributed by atoms with E-state index >= 15 is 0 Å². The molecule has 5 atom stereocenters. The van der Waals surface area contributed by atoms with E-state index in [4.69, 9.17) is 19.7 Å². The molecule has 2 rings (SSSR count). The van der Waals surface area contributed by atoms with Gasteiger partial charge in [0.1, 0.15) is 24.1 Å². The van der Waals surface area contributed by atoms with Gasteiger partial charge in [-0.25, -0.2) is 9.59 Å². The van der Waals surface area contributed by atoms with Gasteiger partial charge in [-0.05, 0) is 30.2 Å². The van der Waals surface area contributed by atoms with Gasteiger partial charge in [0.25, 0.3) is 0 Å². The molecule has 0 aromatic heterocycles. The highest BCUT2D eigenvalue weighted by Gasteiger charge is 2.47. The third kappa shape index (κ3) is 3.74. The van der Waals surface area contributed by atoms with E-state index in [1.807, 2.05) is 0 Å². The van der Waals surface area contributed by atoms with Gasteiger partial charge < -0.3 is 35.0 Å². The molecule has 9 nitrogen and oxygen atoms in total. The molecule has 138 valence electrons. The predicted octanol–water partition coefficient (Wildman–Crippen LogP) is -0.821. The van der Waals surface area contributed by atoms with Gasteiger partial charge in [0.15, 0.2) is 6.10 Å². The minimum Gasteiger partial charge on any atom is -0.496 e. The number of hydrogen-bond acceptors (Lipinski definition) is 7. The first-order chi connectivity index (χ1) is 11.7. The highest BCUT2D eigenvalue weighted by molar-refractivity contribution is 5.88. The summed E-state index contributed by atoms with van der Waals surface area (Å²) in [7, 11) is 1.35. The number of carboxylic acids is 2. The summed E-state index contributed by atoms with van der Waals surface area (Å²) >= 11 is 0. The first-order valence-corrected chi connectivity index (χ1v) is 7.50. The highest BCUT2D eigenvalue weighted by atomic mass is 16.6. The normalized spacial score (nSPS) is 29.2. The van der Waals surface area contributed by atoms with Crippen LogP contribution in [0.2, 0.25) is 0 Å². The van der Waals surface area contributed by atoms with E-state index in [-0.39, 0.29) is 17.7 Å². The van der Waals surface area contributed by atoms with E-state index in [9.17, 15) is 24.9 Å². The molecule has 0 amide bonds. The first kappa shape index (κ1) is 19.1. The molecule has 1 aliphatic heterocycles. The second-order valence-corrected chi connectivity index (χ2v) is 5.89. The molecule has 0 bridgehead atoms. The molecule has 0 radical (unpaired) electrons. The summed E-state index contributed by atoms with van der Waals surface area (Å²) in [5.74, 6) is -2.36. The molecule has 9 heteroatoms. The molecule has 1 aromatic rings. The topological polar surface area (TPSA) is 154 Å². The van der Waals surface area contributed by atoms with E-state index in [1.54, 1.807) is 6.92 Å². The summed E-state index contributed by atoms with van der Waals surface area (Å²) in [6.45, 7) is 1.64. The predicted molar refractivity (Wildman–Crippen MR) is 82.7 cm³/mol. The minimum atomic E-state index is -1.76. The second kappa shape index (κ2) is 7.36. The van der Waals surface area contributed by atoms with Crippen LogP contribution in [-0.2, 0) is 16.0 Å². The number of aliphatic hydroxyl groups excluding tert-OH is 3. The Bertz CT molecular complexity index is 672. The summed E-state index contributed by atoms with van der Waals surface area (Å²) in [6, 6.07) is 2.72. The van der Waals surface area contributed by atoms with Gasteiger partial charge in [0, 0.05) is 6.42 Å². The monoisotopic (exact) mass is 356 g/mol. The van der Waals surface area contributed by atoms with Crippen molar-refractivity contribution in [1.82, 2.24) is 0 Å². The number of carboxylic acid groups (broad SMARTS) is 2. The van der Waals surface area contributed by atoms with E-state index in [0.29, 0.717) is 11.1 Å². The van der Waals surface area contributed by atoms with Crippen LogP contribution in [0.1, 0.15) is 21.5 Å². The molecule has 0 spiro atoms. The maximum absolute atomic E-state index is 11.2. The van der Waals surface area contributed by atoms with Crippen molar-refractivity contribution >= 4 is 11.9 Å². The van der Waals surface area contributed by atoms with E-state index in [2.05, 4.69) is 0 Å². The zero-order valence-corrected chi connectivity index (χ0v) is 13.6. The summed E-state index contributed by atoms with van der Waals surface area (Å²) in [5, 5.41) is 47.9. The van der Waals surface area contributed by atoms with Gasteiger partial charge >= 0.3 is 11.9 Å². The highest BCUT2D eigenvalue weighted by Crippen LogP contribution is 2.30. The Morgan fingerprint density at radius 2 is 1.76 bits per heavy atom. The molecule has 25 heavy (non-hydrogen) atoms. The smallest absolute Gasteiger partial charge is 0.335 e. The number of aromatic carboxylic acids is 1. The van der Waals surface area contributed by atoms with Crippen molar-refractivity contribution in [3.05, 3.63) is 28.8 Å². The molecule has 1 saturated heterocycles. The fraction of sp³-hybridized carbons (Fsp3) is 0.500. The Morgan fingerprint density at radius 3 is 2.28 bits per heavy atom. The van der Waals surface area contributed by atoms with Crippen molar-refractivity contribution in [1.29, 1.82) is 0 Å². The molecule has 0 unspecified atom stereocenters. The Kier molecular flexibility index (Phi) is 5.63. The third-order valence-electron chi connectivity index (χ3n) is 4.26. The quantitative estimate of drug-likeness (QED) is 0.455. The number of hydrogen-bond donors (Lipinski definition) is 5. The minimum absolute atomic E-state index is 0.0158. The average Bonchev–Trinajstić information content (AvgIpc) is 2.55. The van der Waals surface area contributed by atoms with Crippen LogP contribution in [0.4, 0.5) is 0 Å². The molecule has 5 N–H and O–H groups in total. The lowest BCUT2D eigenvalue weighted by Gasteiger charge is -2.39. The van der Waals surface area contributed by atoms with Crippen molar-refractivity contribution in [3.8, 4) is 5.75 Å². The number of benzene rings is 1. The third-order valence-corrected chi connectivity index (χ3v) is 4.26. The van der Waals surface area contributed by atoms with Crippen molar-refractivity contribution in [3.63, 3.8) is 0 Å². The molecule has 0 saturated carbocycles. The van der Waals surface area contributed by atoms with Crippen LogP contribution in [-0.4, -0.2) is 75.1 Å². The van der Waals surface area contributed by atoms with Crippen molar-refractivity contribution in [2.24, 2.45) is 0 Å². The first-order valence-electron chi connectivity index (χ1n) is 7.50. The summed E-state index contributed by atoms with van der Waals surface area (Å²) in [6.07, 6.45) is -7.82. The van der Waals surface area contributed by atoms with Crippen LogP contribution in [0.3, 0.4) is 0 Å². The number of aryl methyl sites for hydroxylation is 1. The van der Waals surface area contributed by atoms with Crippen molar-refractivity contribution in [2.45, 2.75) is 43.9 Å². The number of methoxy groups -OCH3 is 1. The Balaban J connectivity index is 2.34. The Morgan fingerprint density at radius 1 is 1.12 bits per heavy atom. The zero-order valence-electron chi connectivity index (χ0n) is 13.6. The lowest BCUT2D eigenvalue weighted by Crippen LogP contribution is -2.60. The van der Waals surface area contributed by atoms with Crippen LogP contribution in [0, 0.1) is 6.92 Å². The molecule has 1 heterocycles. The maximum Gasteiger partial charge on any atom is 0.335 e. The lowest BCUT2D eigenvalue weighted by atomic mass is 9.89.